The summed E-state index contributed by atoms with van der Waals surface area (Å²) in [4.78, 5) is 14.0. The van der Waals surface area contributed by atoms with Gasteiger partial charge in [0.2, 0.25) is 6.29 Å². The Labute approximate surface area is 168 Å². The Morgan fingerprint density at radius 3 is 2.10 bits per heavy atom. The molecule has 0 aromatic heterocycles. The molecule has 0 N–H and O–H groups in total. The van der Waals surface area contributed by atoms with Gasteiger partial charge in [0, 0.05) is 13.1 Å². The molecule has 1 saturated heterocycles. The van der Waals surface area contributed by atoms with Gasteiger partial charge in [0.25, 0.3) is 5.91 Å². The third kappa shape index (κ3) is 5.51. The van der Waals surface area contributed by atoms with Crippen molar-refractivity contribution < 1.29 is 40.6 Å². The Balaban J connectivity index is 1.72. The van der Waals surface area contributed by atoms with Gasteiger partial charge >= 0.3 is 12.4 Å². The summed E-state index contributed by atoms with van der Waals surface area (Å²) in [5.41, 5.74) is -2.40. The fourth-order valence-electron chi connectivity index (χ4n) is 2.96. The molecule has 30 heavy (non-hydrogen) atoms. The van der Waals surface area contributed by atoms with Crippen LogP contribution in [0.5, 0.6) is 0 Å². The number of halogens is 6. The van der Waals surface area contributed by atoms with Crippen molar-refractivity contribution >= 4 is 5.91 Å². The van der Waals surface area contributed by atoms with E-state index in [1.54, 1.807) is 12.1 Å². The van der Waals surface area contributed by atoms with Crippen molar-refractivity contribution in [3.05, 3.63) is 70.8 Å². The smallest absolute Gasteiger partial charge is 0.343 e. The Morgan fingerprint density at radius 2 is 1.53 bits per heavy atom. The summed E-state index contributed by atoms with van der Waals surface area (Å²) in [6.07, 6.45) is -11.3. The summed E-state index contributed by atoms with van der Waals surface area (Å²) in [5.74, 6) is -0.548. The number of alkyl halides is 6. The maximum atomic E-state index is 13.0. The van der Waals surface area contributed by atoms with Crippen molar-refractivity contribution in [3.8, 4) is 0 Å². The normalized spacial score (nSPS) is 18.0. The van der Waals surface area contributed by atoms with Crippen molar-refractivity contribution in [1.29, 1.82) is 0 Å². The van der Waals surface area contributed by atoms with E-state index < -0.39 is 42.3 Å². The Kier molecular flexibility index (Phi) is 6.37. The fraction of sp³-hybridized carbons (Fsp3) is 0.350. The number of benzene rings is 2. The highest BCUT2D eigenvalue weighted by Crippen LogP contribution is 2.36. The maximum Gasteiger partial charge on any atom is 0.416 e. The topological polar surface area (TPSA) is 38.8 Å². The summed E-state index contributed by atoms with van der Waals surface area (Å²) < 4.78 is 88.2. The summed E-state index contributed by atoms with van der Waals surface area (Å²) in [6.45, 7) is 0.0439. The first-order valence-electron chi connectivity index (χ1n) is 8.88. The molecule has 3 rings (SSSR count). The second-order valence-corrected chi connectivity index (χ2v) is 6.67. The molecule has 4 nitrogen and oxygen atoms in total. The van der Waals surface area contributed by atoms with E-state index in [9.17, 15) is 31.1 Å². The van der Waals surface area contributed by atoms with Crippen LogP contribution in [0.15, 0.2) is 48.5 Å². The number of amides is 1. The zero-order valence-electron chi connectivity index (χ0n) is 15.5. The average Bonchev–Trinajstić information content (AvgIpc) is 2.68. The number of hydrogen-bond donors (Lipinski definition) is 0. The van der Waals surface area contributed by atoms with Gasteiger partial charge in [0.1, 0.15) is 0 Å². The molecule has 1 aliphatic rings. The minimum atomic E-state index is -4.96. The third-order valence-electron chi connectivity index (χ3n) is 4.41. The summed E-state index contributed by atoms with van der Waals surface area (Å²) >= 11 is 0. The van der Waals surface area contributed by atoms with Gasteiger partial charge in [0.15, 0.2) is 0 Å². The Bertz CT molecular complexity index is 850. The van der Waals surface area contributed by atoms with Crippen LogP contribution in [0.2, 0.25) is 0 Å². The van der Waals surface area contributed by atoms with E-state index in [1.807, 2.05) is 18.2 Å². The van der Waals surface area contributed by atoms with Crippen LogP contribution in [0.4, 0.5) is 26.3 Å². The largest absolute Gasteiger partial charge is 0.416 e. The van der Waals surface area contributed by atoms with Crippen LogP contribution in [0.1, 0.15) is 22.3 Å². The lowest BCUT2D eigenvalue weighted by atomic mass is 10.1. The molecule has 1 heterocycles. The van der Waals surface area contributed by atoms with Gasteiger partial charge in [-0.1, -0.05) is 30.3 Å². The summed E-state index contributed by atoms with van der Waals surface area (Å²) in [5, 5.41) is 0. The number of carbonyl (C=O) groups excluding carboxylic acids is 1. The van der Waals surface area contributed by atoms with Crippen LogP contribution in [-0.2, 0) is 39.8 Å². The quantitative estimate of drug-likeness (QED) is 0.646. The van der Waals surface area contributed by atoms with E-state index in [1.165, 1.54) is 4.90 Å². The molecule has 1 amide bonds. The molecule has 0 aliphatic carbocycles. The maximum absolute atomic E-state index is 13.0. The van der Waals surface area contributed by atoms with Gasteiger partial charge in [-0.15, -0.1) is 0 Å². The Hall–Kier alpha value is -2.59. The molecular formula is C20H17F6NO3. The first-order valence-corrected chi connectivity index (χ1v) is 8.88. The SMILES string of the molecule is O=C1[C@@H](OCc2cc(C(F)(F)F)cc(C(F)(F)F)c2)OCCN1Cc1ccccc1. The van der Waals surface area contributed by atoms with Crippen LogP contribution < -0.4 is 0 Å². The van der Waals surface area contributed by atoms with Gasteiger partial charge in [0.05, 0.1) is 24.3 Å². The van der Waals surface area contributed by atoms with Gasteiger partial charge < -0.3 is 14.4 Å². The molecule has 0 unspecified atom stereocenters. The lowest BCUT2D eigenvalue weighted by Crippen LogP contribution is -2.48. The van der Waals surface area contributed by atoms with Gasteiger partial charge in [-0.25, -0.2) is 0 Å². The molecule has 0 saturated carbocycles. The first-order chi connectivity index (χ1) is 14.0. The monoisotopic (exact) mass is 433 g/mol. The van der Waals surface area contributed by atoms with Crippen LogP contribution in [0.25, 0.3) is 0 Å². The van der Waals surface area contributed by atoms with E-state index in [-0.39, 0.29) is 31.3 Å². The summed E-state index contributed by atoms with van der Waals surface area (Å²) in [6, 6.07) is 10.2. The fourth-order valence-corrected chi connectivity index (χ4v) is 2.96. The van der Waals surface area contributed by atoms with Crippen molar-refractivity contribution in [2.75, 3.05) is 13.2 Å². The molecule has 10 heteroatoms. The van der Waals surface area contributed by atoms with E-state index in [2.05, 4.69) is 0 Å². The van der Waals surface area contributed by atoms with E-state index in [4.69, 9.17) is 9.47 Å². The van der Waals surface area contributed by atoms with Crippen molar-refractivity contribution in [2.45, 2.75) is 31.8 Å². The number of nitrogens with zero attached hydrogens (tertiary/aromatic N) is 1. The minimum Gasteiger partial charge on any atom is -0.343 e. The first kappa shape index (κ1) is 22.1. The van der Waals surface area contributed by atoms with Crippen LogP contribution >= 0.6 is 0 Å². The molecule has 1 atom stereocenters. The molecule has 2 aromatic rings. The zero-order chi connectivity index (χ0) is 21.9. The second kappa shape index (κ2) is 8.65. The highest BCUT2D eigenvalue weighted by molar-refractivity contribution is 5.80. The molecular weight excluding hydrogens is 416 g/mol. The number of hydrogen-bond acceptors (Lipinski definition) is 3. The van der Waals surface area contributed by atoms with E-state index in [0.29, 0.717) is 12.1 Å². The Morgan fingerprint density at radius 1 is 0.933 bits per heavy atom. The number of rotatable bonds is 5. The van der Waals surface area contributed by atoms with Crippen LogP contribution in [0.3, 0.4) is 0 Å². The highest BCUT2D eigenvalue weighted by atomic mass is 19.4. The van der Waals surface area contributed by atoms with Gasteiger partial charge in [-0.3, -0.25) is 4.79 Å². The summed E-state index contributed by atoms with van der Waals surface area (Å²) in [7, 11) is 0. The standard InChI is InChI=1S/C20H17F6NO3/c21-19(22,23)15-8-14(9-16(10-15)20(24,25)26)12-30-18-17(28)27(6-7-29-18)11-13-4-2-1-3-5-13/h1-5,8-10,18H,6-7,11-12H2/t18-/m1/s1. The average molecular weight is 433 g/mol. The van der Waals surface area contributed by atoms with Crippen molar-refractivity contribution in [2.24, 2.45) is 0 Å². The lowest BCUT2D eigenvalue weighted by molar-refractivity contribution is -0.201. The second-order valence-electron chi connectivity index (χ2n) is 6.67. The predicted molar refractivity (Wildman–Crippen MR) is 92.8 cm³/mol. The highest BCUT2D eigenvalue weighted by Gasteiger charge is 2.37. The van der Waals surface area contributed by atoms with Gasteiger partial charge in [-0.2, -0.15) is 26.3 Å². The molecule has 162 valence electrons. The van der Waals surface area contributed by atoms with Crippen molar-refractivity contribution in [1.82, 2.24) is 4.90 Å². The predicted octanol–water partition coefficient (Wildman–Crippen LogP) is 4.63. The molecule has 1 fully saturated rings. The van der Waals surface area contributed by atoms with E-state index >= 15 is 0 Å². The van der Waals surface area contributed by atoms with Crippen molar-refractivity contribution in [3.63, 3.8) is 0 Å². The van der Waals surface area contributed by atoms with Gasteiger partial charge in [-0.05, 0) is 29.3 Å². The minimum absolute atomic E-state index is 0.0351. The zero-order valence-corrected chi connectivity index (χ0v) is 15.5. The molecule has 1 aliphatic heterocycles. The number of morpholine rings is 1. The molecule has 0 radical (unpaired) electrons. The third-order valence-corrected chi connectivity index (χ3v) is 4.41. The van der Waals surface area contributed by atoms with Crippen LogP contribution in [-0.4, -0.2) is 30.2 Å². The molecule has 0 spiro atoms. The number of carbonyl (C=O) groups is 1. The molecule has 0 bridgehead atoms. The molecule has 2 aromatic carbocycles. The lowest BCUT2D eigenvalue weighted by Gasteiger charge is -2.32. The number of ether oxygens (including phenoxy) is 2. The van der Waals surface area contributed by atoms with E-state index in [0.717, 1.165) is 5.56 Å². The van der Waals surface area contributed by atoms with Crippen LogP contribution in [0, 0.1) is 0 Å².